The van der Waals surface area contributed by atoms with Gasteiger partial charge in [-0.2, -0.15) is 0 Å². The number of nitrogens with two attached hydrogens (primary N) is 1. The van der Waals surface area contributed by atoms with Gasteiger partial charge in [-0.25, -0.2) is 0 Å². The smallest absolute Gasteiger partial charge is 0.252 e. The number of hydrogen-bond donors (Lipinski definition) is 3. The molecule has 0 fully saturated rings. The van der Waals surface area contributed by atoms with Crippen molar-refractivity contribution in [3.63, 3.8) is 0 Å². The van der Waals surface area contributed by atoms with Gasteiger partial charge in [0.1, 0.15) is 6.10 Å². The van der Waals surface area contributed by atoms with Crippen molar-refractivity contribution in [1.29, 1.82) is 0 Å². The van der Waals surface area contributed by atoms with Gasteiger partial charge in [0.2, 0.25) is 5.91 Å². The van der Waals surface area contributed by atoms with Crippen molar-refractivity contribution in [3.05, 3.63) is 28.5 Å². The molecule has 1 heterocycles. The summed E-state index contributed by atoms with van der Waals surface area (Å²) in [5, 5.41) is 11.4. The SMILES string of the molecule is NC(=O)C(O)CNC(=O)c1cncc(Br)c1. The summed E-state index contributed by atoms with van der Waals surface area (Å²) in [6, 6.07) is 1.57. The second-order valence-electron chi connectivity index (χ2n) is 3.02. The number of carbonyl (C=O) groups excluding carboxylic acids is 2. The highest BCUT2D eigenvalue weighted by Crippen LogP contribution is 2.09. The van der Waals surface area contributed by atoms with Crippen LogP contribution in [0.5, 0.6) is 0 Å². The first-order valence-electron chi connectivity index (χ1n) is 4.37. The van der Waals surface area contributed by atoms with Crippen molar-refractivity contribution in [1.82, 2.24) is 10.3 Å². The number of nitrogens with one attached hydrogen (secondary N) is 1. The normalized spacial score (nSPS) is 11.9. The van der Waals surface area contributed by atoms with Crippen molar-refractivity contribution in [2.45, 2.75) is 6.10 Å². The molecule has 0 aromatic carbocycles. The molecule has 1 unspecified atom stereocenters. The number of halogens is 1. The van der Waals surface area contributed by atoms with Crippen LogP contribution >= 0.6 is 15.9 Å². The average Bonchev–Trinajstić information content (AvgIpc) is 2.25. The molecule has 1 aromatic heterocycles. The third kappa shape index (κ3) is 3.59. The Hall–Kier alpha value is -1.47. The van der Waals surface area contributed by atoms with Gasteiger partial charge in [0.15, 0.2) is 0 Å². The van der Waals surface area contributed by atoms with E-state index in [0.717, 1.165) is 0 Å². The number of pyridine rings is 1. The van der Waals surface area contributed by atoms with E-state index >= 15 is 0 Å². The molecule has 4 N–H and O–H groups in total. The molecular weight excluding hydrogens is 278 g/mol. The predicted octanol–water partition coefficient (Wildman–Crippen LogP) is -0.580. The molecule has 0 aliphatic carbocycles. The highest BCUT2D eigenvalue weighted by atomic mass is 79.9. The Bertz CT molecular complexity index is 411. The molecule has 1 aromatic rings. The maximum Gasteiger partial charge on any atom is 0.252 e. The van der Waals surface area contributed by atoms with Crippen molar-refractivity contribution in [2.75, 3.05) is 6.54 Å². The molecular formula is C9H10BrN3O3. The molecule has 1 atom stereocenters. The minimum absolute atomic E-state index is 0.222. The van der Waals surface area contributed by atoms with E-state index < -0.39 is 17.9 Å². The van der Waals surface area contributed by atoms with Crippen LogP contribution in [0.1, 0.15) is 10.4 Å². The van der Waals surface area contributed by atoms with Crippen LogP contribution in [-0.4, -0.2) is 34.6 Å². The van der Waals surface area contributed by atoms with Gasteiger partial charge in [0, 0.05) is 16.9 Å². The summed E-state index contributed by atoms with van der Waals surface area (Å²) in [6.07, 6.45) is 1.52. The molecule has 6 nitrogen and oxygen atoms in total. The zero-order chi connectivity index (χ0) is 12.1. The lowest BCUT2D eigenvalue weighted by atomic mass is 10.2. The molecule has 1 rings (SSSR count). The lowest BCUT2D eigenvalue weighted by molar-refractivity contribution is -0.125. The number of aliphatic hydroxyl groups excluding tert-OH is 1. The number of hydrogen-bond acceptors (Lipinski definition) is 4. The summed E-state index contributed by atoms with van der Waals surface area (Å²) in [5.74, 6) is -1.32. The molecule has 86 valence electrons. The second-order valence-corrected chi connectivity index (χ2v) is 3.94. The lowest BCUT2D eigenvalue weighted by Crippen LogP contribution is -2.40. The van der Waals surface area contributed by atoms with Crippen LogP contribution in [0.15, 0.2) is 22.9 Å². The van der Waals surface area contributed by atoms with E-state index in [1.165, 1.54) is 12.4 Å². The summed E-state index contributed by atoms with van der Waals surface area (Å²) in [4.78, 5) is 25.8. The Morgan fingerprint density at radius 1 is 1.56 bits per heavy atom. The van der Waals surface area contributed by atoms with Gasteiger partial charge in [-0.05, 0) is 22.0 Å². The average molecular weight is 288 g/mol. The van der Waals surface area contributed by atoms with E-state index in [-0.39, 0.29) is 6.54 Å². The van der Waals surface area contributed by atoms with Crippen LogP contribution in [-0.2, 0) is 4.79 Å². The van der Waals surface area contributed by atoms with Crippen LogP contribution in [0.25, 0.3) is 0 Å². The van der Waals surface area contributed by atoms with E-state index in [1.54, 1.807) is 6.07 Å². The minimum atomic E-state index is -1.39. The molecule has 0 bridgehead atoms. The molecule has 0 aliphatic heterocycles. The van der Waals surface area contributed by atoms with Gasteiger partial charge in [-0.3, -0.25) is 14.6 Å². The van der Waals surface area contributed by atoms with Crippen molar-refractivity contribution in [3.8, 4) is 0 Å². The molecule has 0 radical (unpaired) electrons. The minimum Gasteiger partial charge on any atom is -0.381 e. The van der Waals surface area contributed by atoms with Crippen molar-refractivity contribution in [2.24, 2.45) is 5.73 Å². The Balaban J connectivity index is 2.56. The van der Waals surface area contributed by atoms with E-state index in [9.17, 15) is 9.59 Å². The number of aliphatic hydroxyl groups is 1. The third-order valence-electron chi connectivity index (χ3n) is 1.75. The quantitative estimate of drug-likeness (QED) is 0.689. The van der Waals surface area contributed by atoms with Gasteiger partial charge in [0.05, 0.1) is 12.1 Å². The summed E-state index contributed by atoms with van der Waals surface area (Å²) < 4.78 is 0.663. The molecule has 0 saturated heterocycles. The Morgan fingerprint density at radius 3 is 2.81 bits per heavy atom. The fraction of sp³-hybridized carbons (Fsp3) is 0.222. The van der Waals surface area contributed by atoms with E-state index in [0.29, 0.717) is 10.0 Å². The third-order valence-corrected chi connectivity index (χ3v) is 2.19. The zero-order valence-corrected chi connectivity index (χ0v) is 9.77. The number of nitrogens with zero attached hydrogens (tertiary/aromatic N) is 1. The molecule has 0 spiro atoms. The van der Waals surface area contributed by atoms with E-state index in [2.05, 4.69) is 26.2 Å². The highest BCUT2D eigenvalue weighted by Gasteiger charge is 2.13. The van der Waals surface area contributed by atoms with Gasteiger partial charge >= 0.3 is 0 Å². The summed E-state index contributed by atoms with van der Waals surface area (Å²) >= 11 is 3.17. The molecule has 0 aliphatic rings. The predicted molar refractivity (Wildman–Crippen MR) is 59.5 cm³/mol. The van der Waals surface area contributed by atoms with Gasteiger partial charge in [0.25, 0.3) is 5.91 Å². The number of carbonyl (C=O) groups is 2. The van der Waals surface area contributed by atoms with Gasteiger partial charge in [-0.1, -0.05) is 0 Å². The first-order valence-corrected chi connectivity index (χ1v) is 5.16. The highest BCUT2D eigenvalue weighted by molar-refractivity contribution is 9.10. The zero-order valence-electron chi connectivity index (χ0n) is 8.18. The molecule has 16 heavy (non-hydrogen) atoms. The first kappa shape index (κ1) is 12.6. The largest absolute Gasteiger partial charge is 0.381 e. The number of amides is 2. The standard InChI is InChI=1S/C9H10BrN3O3/c10-6-1-5(2-12-3-6)9(16)13-4-7(14)8(11)15/h1-3,7,14H,4H2,(H2,11,15)(H,13,16). The number of rotatable bonds is 4. The summed E-state index contributed by atoms with van der Waals surface area (Å²) in [7, 11) is 0. The summed E-state index contributed by atoms with van der Waals surface area (Å²) in [5.41, 5.74) is 5.15. The molecule has 2 amide bonds. The second kappa shape index (κ2) is 5.57. The summed E-state index contributed by atoms with van der Waals surface area (Å²) in [6.45, 7) is -0.222. The van der Waals surface area contributed by atoms with Gasteiger partial charge in [-0.15, -0.1) is 0 Å². The van der Waals surface area contributed by atoms with Crippen molar-refractivity contribution < 1.29 is 14.7 Å². The first-order chi connectivity index (χ1) is 7.50. The molecule has 7 heteroatoms. The van der Waals surface area contributed by atoms with Crippen molar-refractivity contribution >= 4 is 27.7 Å². The fourth-order valence-corrected chi connectivity index (χ4v) is 1.29. The van der Waals surface area contributed by atoms with E-state index in [4.69, 9.17) is 10.8 Å². The lowest BCUT2D eigenvalue weighted by Gasteiger charge is -2.08. The Morgan fingerprint density at radius 2 is 2.25 bits per heavy atom. The Kier molecular flexibility index (Phi) is 4.39. The fourth-order valence-electron chi connectivity index (χ4n) is 0.928. The molecule has 0 saturated carbocycles. The van der Waals surface area contributed by atoms with Crippen LogP contribution < -0.4 is 11.1 Å². The number of primary amides is 1. The van der Waals surface area contributed by atoms with Crippen LogP contribution in [0.3, 0.4) is 0 Å². The van der Waals surface area contributed by atoms with Gasteiger partial charge < -0.3 is 16.2 Å². The maximum atomic E-state index is 11.5. The maximum absolute atomic E-state index is 11.5. The van der Waals surface area contributed by atoms with Crippen LogP contribution in [0.2, 0.25) is 0 Å². The van der Waals surface area contributed by atoms with E-state index in [1.807, 2.05) is 0 Å². The van der Waals surface area contributed by atoms with Crippen LogP contribution in [0, 0.1) is 0 Å². The monoisotopic (exact) mass is 287 g/mol. The van der Waals surface area contributed by atoms with Crippen LogP contribution in [0.4, 0.5) is 0 Å². The number of aromatic nitrogens is 1. The Labute approximate surface area is 100.0 Å². The topological polar surface area (TPSA) is 105 Å².